The molecule has 26 heavy (non-hydrogen) atoms. The van der Waals surface area contributed by atoms with E-state index in [0.717, 1.165) is 11.4 Å². The molecule has 0 aliphatic heterocycles. The molecule has 3 aromatic rings. The van der Waals surface area contributed by atoms with Crippen LogP contribution in [-0.4, -0.2) is 27.1 Å². The first kappa shape index (κ1) is 17.4. The van der Waals surface area contributed by atoms with Crippen molar-refractivity contribution in [2.75, 3.05) is 10.6 Å². The Morgan fingerprint density at radius 2 is 1.96 bits per heavy atom. The van der Waals surface area contributed by atoms with E-state index in [2.05, 4.69) is 25.8 Å². The third-order valence-electron chi connectivity index (χ3n) is 3.24. The average Bonchev–Trinajstić information content (AvgIpc) is 3.01. The molecule has 1 amide bonds. The highest BCUT2D eigenvalue weighted by Gasteiger charge is 2.11. The summed E-state index contributed by atoms with van der Waals surface area (Å²) in [7, 11) is 0. The van der Waals surface area contributed by atoms with Crippen LogP contribution in [0.25, 0.3) is 0 Å². The summed E-state index contributed by atoms with van der Waals surface area (Å²) in [5.41, 5.74) is 0.994. The van der Waals surface area contributed by atoms with Crippen molar-refractivity contribution in [1.82, 2.24) is 15.1 Å². The van der Waals surface area contributed by atoms with Crippen LogP contribution < -0.4 is 15.4 Å². The fourth-order valence-corrected chi connectivity index (χ4v) is 2.17. The lowest BCUT2D eigenvalue weighted by Gasteiger charge is -2.10. The topological polar surface area (TPSA) is 102 Å². The first-order valence-electron chi connectivity index (χ1n) is 8.11. The molecule has 0 unspecified atom stereocenters. The molecule has 0 aliphatic carbocycles. The number of aryl methyl sites for hydroxylation is 1. The first-order valence-corrected chi connectivity index (χ1v) is 8.11. The van der Waals surface area contributed by atoms with Crippen molar-refractivity contribution < 1.29 is 14.1 Å². The minimum atomic E-state index is -0.399. The van der Waals surface area contributed by atoms with Crippen molar-refractivity contribution in [1.29, 1.82) is 0 Å². The SMILES string of the molecule is Cc1cc(NC(=O)c2ccnc(Nc3ccc(OC(C)C)cc3)n2)no1. The Balaban J connectivity index is 1.67. The van der Waals surface area contributed by atoms with Gasteiger partial charge in [-0.15, -0.1) is 0 Å². The van der Waals surface area contributed by atoms with E-state index in [9.17, 15) is 4.79 Å². The molecule has 0 saturated carbocycles. The second-order valence-corrected chi connectivity index (χ2v) is 5.86. The highest BCUT2D eigenvalue weighted by Crippen LogP contribution is 2.19. The van der Waals surface area contributed by atoms with E-state index in [0.29, 0.717) is 17.5 Å². The number of anilines is 3. The molecule has 2 aromatic heterocycles. The minimum absolute atomic E-state index is 0.112. The predicted octanol–water partition coefficient (Wildman–Crippen LogP) is 3.56. The standard InChI is InChI=1S/C18H19N5O3/c1-11(2)25-14-6-4-13(5-7-14)20-18-19-9-8-15(21-18)17(24)22-16-10-12(3)26-23-16/h4-11H,1-3H3,(H,19,20,21)(H,22,23,24). The van der Waals surface area contributed by atoms with Crippen LogP contribution >= 0.6 is 0 Å². The number of aromatic nitrogens is 3. The molecule has 0 atom stereocenters. The number of ether oxygens (including phenoxy) is 1. The number of hydrogen-bond acceptors (Lipinski definition) is 7. The van der Waals surface area contributed by atoms with Gasteiger partial charge < -0.3 is 19.9 Å². The lowest BCUT2D eigenvalue weighted by atomic mass is 10.3. The second kappa shape index (κ2) is 7.64. The maximum atomic E-state index is 12.2. The van der Waals surface area contributed by atoms with E-state index in [4.69, 9.17) is 9.26 Å². The third kappa shape index (κ3) is 4.56. The van der Waals surface area contributed by atoms with E-state index in [1.54, 1.807) is 13.0 Å². The third-order valence-corrected chi connectivity index (χ3v) is 3.24. The van der Waals surface area contributed by atoms with Gasteiger partial charge in [0.2, 0.25) is 5.95 Å². The van der Waals surface area contributed by atoms with Crippen molar-refractivity contribution in [3.63, 3.8) is 0 Å². The number of nitrogens with zero attached hydrogens (tertiary/aromatic N) is 3. The number of carbonyl (C=O) groups is 1. The van der Waals surface area contributed by atoms with Crippen molar-refractivity contribution in [2.24, 2.45) is 0 Å². The van der Waals surface area contributed by atoms with Crippen LogP contribution in [0.5, 0.6) is 5.75 Å². The van der Waals surface area contributed by atoms with Gasteiger partial charge in [0, 0.05) is 18.0 Å². The van der Waals surface area contributed by atoms with Crippen LogP contribution in [0, 0.1) is 6.92 Å². The van der Waals surface area contributed by atoms with Gasteiger partial charge in [-0.3, -0.25) is 4.79 Å². The summed E-state index contributed by atoms with van der Waals surface area (Å²) >= 11 is 0. The molecule has 0 spiro atoms. The van der Waals surface area contributed by atoms with E-state index in [-0.39, 0.29) is 11.8 Å². The van der Waals surface area contributed by atoms with E-state index in [1.807, 2.05) is 38.1 Å². The van der Waals surface area contributed by atoms with Gasteiger partial charge in [0.15, 0.2) is 5.82 Å². The van der Waals surface area contributed by atoms with Crippen LogP contribution in [0.4, 0.5) is 17.5 Å². The van der Waals surface area contributed by atoms with Crippen LogP contribution in [0.3, 0.4) is 0 Å². The Kier molecular flexibility index (Phi) is 5.12. The largest absolute Gasteiger partial charge is 0.491 e. The molecular formula is C18H19N5O3. The average molecular weight is 353 g/mol. The lowest BCUT2D eigenvalue weighted by molar-refractivity contribution is 0.102. The van der Waals surface area contributed by atoms with Crippen molar-refractivity contribution in [2.45, 2.75) is 26.9 Å². The Morgan fingerprint density at radius 3 is 2.62 bits per heavy atom. The van der Waals surface area contributed by atoms with Crippen LogP contribution in [0.15, 0.2) is 47.1 Å². The second-order valence-electron chi connectivity index (χ2n) is 5.86. The van der Waals surface area contributed by atoms with Crippen molar-refractivity contribution >= 4 is 23.4 Å². The number of hydrogen-bond donors (Lipinski definition) is 2. The van der Waals surface area contributed by atoms with Gasteiger partial charge in [0.05, 0.1) is 6.10 Å². The zero-order chi connectivity index (χ0) is 18.5. The Morgan fingerprint density at radius 1 is 1.19 bits per heavy atom. The number of benzene rings is 1. The predicted molar refractivity (Wildman–Crippen MR) is 96.7 cm³/mol. The van der Waals surface area contributed by atoms with Gasteiger partial charge in [0.25, 0.3) is 5.91 Å². The van der Waals surface area contributed by atoms with E-state index < -0.39 is 5.91 Å². The fraction of sp³-hybridized carbons (Fsp3) is 0.222. The quantitative estimate of drug-likeness (QED) is 0.698. The highest BCUT2D eigenvalue weighted by molar-refractivity contribution is 6.02. The lowest BCUT2D eigenvalue weighted by Crippen LogP contribution is -2.15. The summed E-state index contributed by atoms with van der Waals surface area (Å²) in [6.07, 6.45) is 1.62. The summed E-state index contributed by atoms with van der Waals surface area (Å²) in [5, 5.41) is 9.40. The molecule has 0 aliphatic rings. The maximum Gasteiger partial charge on any atom is 0.275 e. The fourth-order valence-electron chi connectivity index (χ4n) is 2.17. The molecule has 2 N–H and O–H groups in total. The number of nitrogens with one attached hydrogen (secondary N) is 2. The molecule has 8 nitrogen and oxygen atoms in total. The van der Waals surface area contributed by atoms with Crippen molar-refractivity contribution in [3.8, 4) is 5.75 Å². The van der Waals surface area contributed by atoms with Crippen LogP contribution in [0.2, 0.25) is 0 Å². The van der Waals surface area contributed by atoms with Crippen LogP contribution in [-0.2, 0) is 0 Å². The molecule has 0 bridgehead atoms. The number of amides is 1. The molecule has 8 heteroatoms. The molecule has 3 rings (SSSR count). The minimum Gasteiger partial charge on any atom is -0.491 e. The normalized spacial score (nSPS) is 10.6. The summed E-state index contributed by atoms with van der Waals surface area (Å²) in [4.78, 5) is 20.6. The zero-order valence-electron chi connectivity index (χ0n) is 14.7. The Labute approximate surface area is 150 Å². The smallest absolute Gasteiger partial charge is 0.275 e. The van der Waals surface area contributed by atoms with Gasteiger partial charge in [0.1, 0.15) is 17.2 Å². The summed E-state index contributed by atoms with van der Waals surface area (Å²) < 4.78 is 10.5. The zero-order valence-corrected chi connectivity index (χ0v) is 14.7. The summed E-state index contributed by atoms with van der Waals surface area (Å²) in [6, 6.07) is 10.6. The molecule has 1 aromatic carbocycles. The first-order chi connectivity index (χ1) is 12.5. The van der Waals surface area contributed by atoms with Gasteiger partial charge in [-0.2, -0.15) is 0 Å². The van der Waals surface area contributed by atoms with E-state index in [1.165, 1.54) is 12.3 Å². The van der Waals surface area contributed by atoms with Crippen LogP contribution in [0.1, 0.15) is 30.1 Å². The maximum absolute atomic E-state index is 12.2. The molecule has 0 fully saturated rings. The summed E-state index contributed by atoms with van der Waals surface area (Å²) in [6.45, 7) is 5.68. The summed E-state index contributed by atoms with van der Waals surface area (Å²) in [5.74, 6) is 1.63. The number of carbonyl (C=O) groups excluding carboxylic acids is 1. The molecule has 0 saturated heterocycles. The van der Waals surface area contributed by atoms with Gasteiger partial charge in [-0.1, -0.05) is 5.16 Å². The molecule has 134 valence electrons. The Hall–Kier alpha value is -3.42. The molecule has 2 heterocycles. The van der Waals surface area contributed by atoms with Gasteiger partial charge >= 0.3 is 0 Å². The monoisotopic (exact) mass is 353 g/mol. The highest BCUT2D eigenvalue weighted by atomic mass is 16.5. The number of rotatable bonds is 6. The molecule has 0 radical (unpaired) electrons. The molecular weight excluding hydrogens is 334 g/mol. The Bertz CT molecular complexity index is 890. The van der Waals surface area contributed by atoms with E-state index >= 15 is 0 Å². The van der Waals surface area contributed by atoms with Crippen molar-refractivity contribution in [3.05, 3.63) is 54.0 Å². The van der Waals surface area contributed by atoms with Gasteiger partial charge in [-0.25, -0.2) is 9.97 Å². The van der Waals surface area contributed by atoms with Gasteiger partial charge in [-0.05, 0) is 51.1 Å².